The summed E-state index contributed by atoms with van der Waals surface area (Å²) in [6, 6.07) is 28.5. The maximum absolute atomic E-state index is 9.20. The molecule has 3 heterocycles. The summed E-state index contributed by atoms with van der Waals surface area (Å²) in [6.07, 6.45) is 0. The van der Waals surface area contributed by atoms with E-state index in [1.54, 1.807) is 59.9 Å². The highest BCUT2D eigenvalue weighted by molar-refractivity contribution is 7.26. The first-order valence-corrected chi connectivity index (χ1v) is 20.4. The van der Waals surface area contributed by atoms with Crippen molar-refractivity contribution in [3.63, 3.8) is 0 Å². The summed E-state index contributed by atoms with van der Waals surface area (Å²) in [7, 11) is 0. The number of nitrogens with zero attached hydrogens (tertiary/aromatic N) is 4. The lowest BCUT2D eigenvalue weighted by Gasteiger charge is -2.15. The molecule has 4 nitrogen and oxygen atoms in total. The smallest absolute Gasteiger partial charge is 0.166 e. The predicted molar refractivity (Wildman–Crippen MR) is 260 cm³/mol. The predicted octanol–water partition coefficient (Wildman–Crippen LogP) is 15.3. The third-order valence-corrected chi connectivity index (χ3v) is 12.0. The van der Waals surface area contributed by atoms with Crippen molar-refractivity contribution in [3.8, 4) is 73.2 Å². The van der Waals surface area contributed by atoms with Crippen LogP contribution in [0.3, 0.4) is 0 Å². The molecule has 0 aliphatic heterocycles. The second kappa shape index (κ2) is 14.9. The monoisotopic (exact) mass is 824 g/mol. The van der Waals surface area contributed by atoms with Gasteiger partial charge in [0, 0.05) is 47.6 Å². The second-order valence-electron chi connectivity index (χ2n) is 14.4. The fraction of sp³-hybridized carbons (Fsp3) is 0. The van der Waals surface area contributed by atoms with E-state index in [-0.39, 0.29) is 68.5 Å². The molecule has 0 saturated heterocycles. The fourth-order valence-electron chi connectivity index (χ4n) is 7.86. The number of aromatic nitrogens is 4. The standard InChI is InChI=1S/C57H36N4S/c1-2-14-37(15-3-1)38-28-30-39(31-29-38)40-32-34-41(35-33-40)55-58-56(43-17-12-16-42(36-43)44-22-13-23-48-47-20-7-11-27-53(47)62-54(44)48)60-57(59-55)49-21-6-10-26-52(49)61-50-24-8-4-18-45(50)46-19-5-9-25-51(46)61/h1-36H/i1D,2D,3D,4D,5D,8D,14D,15D,18D,19D,24D,25D,28D,29D,30D,31D. The molecule has 0 bridgehead atoms. The first-order chi connectivity index (χ1) is 37.4. The normalized spacial score (nSPS) is 15.2. The van der Waals surface area contributed by atoms with Gasteiger partial charge in [-0.15, -0.1) is 11.3 Å². The molecule has 0 amide bonds. The molecule has 0 aliphatic rings. The van der Waals surface area contributed by atoms with Crippen LogP contribution in [0.4, 0.5) is 0 Å². The van der Waals surface area contributed by atoms with Gasteiger partial charge in [-0.2, -0.15) is 0 Å². The molecular formula is C57H36N4S. The summed E-state index contributed by atoms with van der Waals surface area (Å²) in [5, 5.41) is 2.25. The number of para-hydroxylation sites is 3. The number of thiophene rings is 1. The summed E-state index contributed by atoms with van der Waals surface area (Å²) in [5.74, 6) is 0.502. The summed E-state index contributed by atoms with van der Waals surface area (Å²) >= 11 is 1.69. The van der Waals surface area contributed by atoms with Gasteiger partial charge in [-0.3, -0.25) is 0 Å². The van der Waals surface area contributed by atoms with Gasteiger partial charge in [0.05, 0.1) is 38.7 Å². The molecule has 62 heavy (non-hydrogen) atoms. The molecule has 0 aliphatic carbocycles. The number of benzene rings is 9. The zero-order valence-corrected chi connectivity index (χ0v) is 33.1. The van der Waals surface area contributed by atoms with Crippen LogP contribution in [0.2, 0.25) is 0 Å². The van der Waals surface area contributed by atoms with E-state index in [2.05, 4.69) is 24.3 Å². The van der Waals surface area contributed by atoms with Crippen molar-refractivity contribution in [3.05, 3.63) is 218 Å². The third kappa shape index (κ3) is 6.18. The Morgan fingerprint density at radius 3 is 1.82 bits per heavy atom. The highest BCUT2D eigenvalue weighted by Gasteiger charge is 2.20. The highest BCUT2D eigenvalue weighted by Crippen LogP contribution is 2.41. The maximum Gasteiger partial charge on any atom is 0.166 e. The first kappa shape index (κ1) is 23.1. The van der Waals surface area contributed by atoms with Crippen molar-refractivity contribution < 1.29 is 21.9 Å². The van der Waals surface area contributed by atoms with E-state index in [9.17, 15) is 2.74 Å². The minimum Gasteiger partial charge on any atom is -0.309 e. The van der Waals surface area contributed by atoms with Gasteiger partial charge in [0.1, 0.15) is 0 Å². The van der Waals surface area contributed by atoms with Gasteiger partial charge in [0.25, 0.3) is 0 Å². The van der Waals surface area contributed by atoms with E-state index >= 15 is 0 Å². The summed E-state index contributed by atoms with van der Waals surface area (Å²) in [6.45, 7) is 0. The SMILES string of the molecule is [2H]c1cc([2H])c2c(c1[2H])c1c([2H])c([2H])c([2H])c([2H])c1n2-c1ccccc1-c1nc(-c2ccc(-c3c([2H])c([2H])c(-c4c([2H])c([2H])c([2H])c([2H])c4[2H])c([2H])c3[2H])cc2)nc(-c2cccc(-c3cccc4c3sc3ccccc34)c2)n1. The van der Waals surface area contributed by atoms with Gasteiger partial charge in [-0.05, 0) is 69.7 Å². The molecule has 0 spiro atoms. The van der Waals surface area contributed by atoms with E-state index in [0.29, 0.717) is 22.4 Å². The lowest BCUT2D eigenvalue weighted by Crippen LogP contribution is -2.03. The van der Waals surface area contributed by atoms with Gasteiger partial charge in [-0.25, -0.2) is 15.0 Å². The minimum absolute atomic E-state index is 0.0114. The Morgan fingerprint density at radius 2 is 0.968 bits per heavy atom. The van der Waals surface area contributed by atoms with Crippen LogP contribution in [-0.2, 0) is 0 Å². The molecule has 0 fully saturated rings. The fourth-order valence-corrected chi connectivity index (χ4v) is 9.10. The molecular weight excluding hydrogens is 773 g/mol. The number of hydrogen-bond acceptors (Lipinski definition) is 4. The molecule has 0 saturated carbocycles. The van der Waals surface area contributed by atoms with Crippen LogP contribution in [0.25, 0.3) is 115 Å². The van der Waals surface area contributed by atoms with Crippen LogP contribution in [0.15, 0.2) is 218 Å². The average Bonchev–Trinajstić information content (AvgIpc) is 4.08. The van der Waals surface area contributed by atoms with Gasteiger partial charge >= 0.3 is 0 Å². The Balaban J connectivity index is 1.06. The zero-order valence-electron chi connectivity index (χ0n) is 48.2. The van der Waals surface area contributed by atoms with E-state index in [1.807, 2.05) is 42.5 Å². The molecule has 3 aromatic heterocycles. The molecule has 0 radical (unpaired) electrons. The van der Waals surface area contributed by atoms with E-state index in [4.69, 9.17) is 34.1 Å². The first-order valence-electron chi connectivity index (χ1n) is 27.5. The van der Waals surface area contributed by atoms with Gasteiger partial charge in [0.15, 0.2) is 17.5 Å². The van der Waals surface area contributed by atoms with Crippen LogP contribution in [-0.4, -0.2) is 19.5 Å². The van der Waals surface area contributed by atoms with Crippen molar-refractivity contribution in [2.75, 3.05) is 0 Å². The third-order valence-electron chi connectivity index (χ3n) is 10.7. The number of hydrogen-bond donors (Lipinski definition) is 0. The van der Waals surface area contributed by atoms with Crippen LogP contribution in [0, 0.1) is 0 Å². The van der Waals surface area contributed by atoms with Crippen molar-refractivity contribution in [2.45, 2.75) is 0 Å². The number of rotatable bonds is 7. The van der Waals surface area contributed by atoms with Crippen LogP contribution < -0.4 is 0 Å². The van der Waals surface area contributed by atoms with Crippen LogP contribution in [0.5, 0.6) is 0 Å². The lowest BCUT2D eigenvalue weighted by molar-refractivity contribution is 1.06. The molecule has 5 heteroatoms. The molecule has 0 unspecified atom stereocenters. The van der Waals surface area contributed by atoms with Crippen molar-refractivity contribution >= 4 is 53.3 Å². The Morgan fingerprint density at radius 1 is 0.371 bits per heavy atom. The molecule has 12 aromatic rings. The second-order valence-corrected chi connectivity index (χ2v) is 15.4. The Bertz CT molecular complexity index is 4540. The Labute approximate surface area is 385 Å². The Kier molecular flexibility index (Phi) is 5.57. The van der Waals surface area contributed by atoms with E-state index in [0.717, 1.165) is 31.3 Å². The van der Waals surface area contributed by atoms with E-state index < -0.39 is 89.7 Å². The van der Waals surface area contributed by atoms with Crippen LogP contribution >= 0.6 is 11.3 Å². The molecule has 0 atom stereocenters. The average molecular weight is 825 g/mol. The molecule has 12 rings (SSSR count). The van der Waals surface area contributed by atoms with Gasteiger partial charge in [-0.1, -0.05) is 182 Å². The van der Waals surface area contributed by atoms with Gasteiger partial charge in [0.2, 0.25) is 0 Å². The lowest BCUT2D eigenvalue weighted by atomic mass is 9.99. The highest BCUT2D eigenvalue weighted by atomic mass is 32.1. The van der Waals surface area contributed by atoms with Crippen LogP contribution in [0.1, 0.15) is 21.9 Å². The Hall–Kier alpha value is -7.99. The van der Waals surface area contributed by atoms with Gasteiger partial charge < -0.3 is 4.57 Å². The maximum atomic E-state index is 9.20. The topological polar surface area (TPSA) is 43.6 Å². The molecule has 0 N–H and O–H groups in total. The molecule has 9 aromatic carbocycles. The largest absolute Gasteiger partial charge is 0.309 e. The van der Waals surface area contributed by atoms with Crippen molar-refractivity contribution in [2.24, 2.45) is 0 Å². The minimum atomic E-state index is -0.677. The van der Waals surface area contributed by atoms with Crippen molar-refractivity contribution in [1.29, 1.82) is 0 Å². The zero-order chi connectivity index (χ0) is 54.9. The summed E-state index contributed by atoms with van der Waals surface area (Å²) in [5.41, 5.74) is 2.91. The number of fused-ring (bicyclic) bond motifs is 6. The molecule has 290 valence electrons. The van der Waals surface area contributed by atoms with E-state index in [1.165, 1.54) is 10.6 Å². The summed E-state index contributed by atoms with van der Waals surface area (Å²) in [4.78, 5) is 15.2. The quantitative estimate of drug-likeness (QED) is 0.161. The summed E-state index contributed by atoms with van der Waals surface area (Å²) < 4.78 is 144. The van der Waals surface area contributed by atoms with Crippen molar-refractivity contribution in [1.82, 2.24) is 19.5 Å².